The van der Waals surface area contributed by atoms with Crippen molar-refractivity contribution in [2.75, 3.05) is 39.5 Å². The highest BCUT2D eigenvalue weighted by Gasteiger charge is 2.43. The summed E-state index contributed by atoms with van der Waals surface area (Å²) < 4.78 is 21.9. The number of aryl methyl sites for hydroxylation is 2. The molecular weight excluding hydrogens is 841 g/mol. The lowest BCUT2D eigenvalue weighted by Crippen LogP contribution is -2.47. The van der Waals surface area contributed by atoms with Gasteiger partial charge in [0, 0.05) is 51.4 Å². The minimum absolute atomic E-state index is 0.148. The Morgan fingerprint density at radius 1 is 0.636 bits per heavy atom. The first-order chi connectivity index (χ1) is 32.0. The van der Waals surface area contributed by atoms with E-state index in [1.807, 2.05) is 12.1 Å². The Bertz CT molecular complexity index is 2840. The maximum Gasteiger partial charge on any atom is 0.405 e. The van der Waals surface area contributed by atoms with Gasteiger partial charge < -0.3 is 50.2 Å². The second kappa shape index (κ2) is 18.0. The van der Waals surface area contributed by atoms with Crippen molar-refractivity contribution in [2.24, 2.45) is 23.3 Å². The van der Waals surface area contributed by atoms with Gasteiger partial charge >= 0.3 is 12.2 Å². The van der Waals surface area contributed by atoms with Crippen molar-refractivity contribution < 1.29 is 38.1 Å². The molecule has 0 bridgehead atoms. The van der Waals surface area contributed by atoms with Crippen LogP contribution in [0.15, 0.2) is 60.7 Å². The Morgan fingerprint density at radius 2 is 1.11 bits per heavy atom. The number of fused-ring (bicyclic) bond motifs is 3. The fourth-order valence-electron chi connectivity index (χ4n) is 11.0. The molecule has 16 nitrogen and oxygen atoms in total. The van der Waals surface area contributed by atoms with E-state index >= 15 is 0 Å². The molecule has 6 N–H and O–H groups in total. The molecule has 10 rings (SSSR count). The van der Waals surface area contributed by atoms with Crippen molar-refractivity contribution in [1.82, 2.24) is 29.7 Å². The van der Waals surface area contributed by atoms with Crippen molar-refractivity contribution in [2.45, 2.75) is 89.5 Å². The first-order valence-electron chi connectivity index (χ1n) is 23.2. The molecule has 16 heteroatoms. The minimum Gasteiger partial charge on any atom is -0.436 e. The summed E-state index contributed by atoms with van der Waals surface area (Å²) in [6.45, 7) is 7.45. The van der Waals surface area contributed by atoms with E-state index in [9.17, 15) is 19.2 Å². The molecule has 4 saturated heterocycles. The third kappa shape index (κ3) is 8.32. The van der Waals surface area contributed by atoms with Gasteiger partial charge in [0.1, 0.15) is 11.6 Å². The van der Waals surface area contributed by atoms with Crippen molar-refractivity contribution in [3.63, 3.8) is 0 Å². The van der Waals surface area contributed by atoms with E-state index in [1.165, 1.54) is 5.56 Å². The van der Waals surface area contributed by atoms with E-state index in [0.29, 0.717) is 76.8 Å². The lowest BCUT2D eigenvalue weighted by Gasteiger charge is -2.33. The average molecular weight is 897 g/mol. The molecule has 4 aromatic carbocycles. The molecular formula is C50H56N8O8. The number of carbonyl (C=O) groups is 4. The first-order valence-corrected chi connectivity index (χ1v) is 23.2. The van der Waals surface area contributed by atoms with Gasteiger partial charge in [-0.1, -0.05) is 30.3 Å². The smallest absolute Gasteiger partial charge is 0.405 e. The number of primary amides is 2. The molecule has 6 heterocycles. The second-order valence-corrected chi connectivity index (χ2v) is 18.3. The monoisotopic (exact) mass is 896 g/mol. The van der Waals surface area contributed by atoms with Gasteiger partial charge in [-0.15, -0.1) is 0 Å². The number of nitrogens with zero attached hydrogens (tertiary/aromatic N) is 4. The van der Waals surface area contributed by atoms with Crippen LogP contribution >= 0.6 is 0 Å². The summed E-state index contributed by atoms with van der Waals surface area (Å²) in [6.07, 6.45) is 1.80. The topological polar surface area (TPSA) is 221 Å². The molecule has 4 fully saturated rings. The molecule has 0 radical (unpaired) electrons. The molecule has 0 spiro atoms. The van der Waals surface area contributed by atoms with Gasteiger partial charge in [0.15, 0.2) is 12.2 Å². The number of ether oxygens (including phenoxy) is 4. The van der Waals surface area contributed by atoms with Gasteiger partial charge in [-0.05, 0) is 140 Å². The highest BCUT2D eigenvalue weighted by atomic mass is 16.6. The third-order valence-corrected chi connectivity index (χ3v) is 14.3. The van der Waals surface area contributed by atoms with E-state index in [2.05, 4.69) is 72.3 Å². The minimum atomic E-state index is -0.950. The number of carbonyl (C=O) groups excluding carboxylic acids is 4. The normalized spacial score (nSPS) is 20.6. The number of benzene rings is 4. The molecule has 4 aliphatic heterocycles. The highest BCUT2D eigenvalue weighted by molar-refractivity contribution is 5.97. The van der Waals surface area contributed by atoms with Gasteiger partial charge in [0.2, 0.25) is 0 Å². The number of rotatable bonds is 10. The van der Waals surface area contributed by atoms with Crippen molar-refractivity contribution in [1.29, 1.82) is 0 Å². The zero-order valence-electron chi connectivity index (χ0n) is 37.3. The Morgan fingerprint density at radius 3 is 1.62 bits per heavy atom. The van der Waals surface area contributed by atoms with Gasteiger partial charge in [-0.2, -0.15) is 0 Å². The molecule has 2 unspecified atom stereocenters. The number of nitrogens with one attached hydrogen (secondary N) is 2. The van der Waals surface area contributed by atoms with Crippen LogP contribution < -0.4 is 11.5 Å². The molecule has 2 aromatic heterocycles. The SMILES string of the molecule is Cc1cc2cc(-c3ccc4nc(C5CCCN5C(=O)[C@@H](OC(N)=O)C5CCOCC5)[nH]c4c3)ccc2c(C)c1-c1ccc2nc(C3CCCN3C(=O)[C@@H](OC(N)=O)C3CCOCC3)[nH]c2c1. The maximum atomic E-state index is 14.0. The van der Waals surface area contributed by atoms with Crippen LogP contribution in [0, 0.1) is 25.7 Å². The summed E-state index contributed by atoms with van der Waals surface area (Å²) >= 11 is 0. The number of aromatic amines is 2. The van der Waals surface area contributed by atoms with Gasteiger partial charge in [-0.3, -0.25) is 9.59 Å². The predicted molar refractivity (Wildman–Crippen MR) is 247 cm³/mol. The lowest BCUT2D eigenvalue weighted by atomic mass is 9.89. The Hall–Kier alpha value is -6.52. The molecule has 4 aliphatic rings. The average Bonchev–Trinajstić information content (AvgIpc) is 4.16. The van der Waals surface area contributed by atoms with Crippen LogP contribution in [0.1, 0.15) is 86.2 Å². The molecule has 4 amide bonds. The van der Waals surface area contributed by atoms with Crippen LogP contribution in [-0.4, -0.2) is 105 Å². The number of imidazole rings is 2. The summed E-state index contributed by atoms with van der Waals surface area (Å²) in [4.78, 5) is 72.3. The van der Waals surface area contributed by atoms with Gasteiger partial charge in [0.05, 0.1) is 34.2 Å². The first kappa shape index (κ1) is 43.4. The second-order valence-electron chi connectivity index (χ2n) is 18.3. The fourth-order valence-corrected chi connectivity index (χ4v) is 11.0. The maximum absolute atomic E-state index is 14.0. The van der Waals surface area contributed by atoms with E-state index in [4.69, 9.17) is 40.4 Å². The van der Waals surface area contributed by atoms with Crippen LogP contribution in [0.5, 0.6) is 0 Å². The molecule has 344 valence electrons. The zero-order chi connectivity index (χ0) is 45.6. The molecule has 0 aliphatic carbocycles. The number of amides is 4. The Kier molecular flexibility index (Phi) is 11.9. The zero-order valence-corrected chi connectivity index (χ0v) is 37.3. The lowest BCUT2D eigenvalue weighted by molar-refractivity contribution is -0.146. The van der Waals surface area contributed by atoms with Crippen molar-refractivity contribution in [3.8, 4) is 22.3 Å². The summed E-state index contributed by atoms with van der Waals surface area (Å²) in [5.41, 5.74) is 20.9. The van der Waals surface area contributed by atoms with Crippen LogP contribution in [0.4, 0.5) is 9.59 Å². The Labute approximate surface area is 381 Å². The van der Waals surface area contributed by atoms with Crippen molar-refractivity contribution >= 4 is 56.8 Å². The van der Waals surface area contributed by atoms with Crippen molar-refractivity contribution in [3.05, 3.63) is 83.4 Å². The molecule has 66 heavy (non-hydrogen) atoms. The van der Waals surface area contributed by atoms with E-state index in [-0.39, 0.29) is 35.7 Å². The molecule has 0 saturated carbocycles. The van der Waals surface area contributed by atoms with E-state index in [1.54, 1.807) is 9.80 Å². The van der Waals surface area contributed by atoms with Crippen LogP contribution in [0.3, 0.4) is 0 Å². The van der Waals surface area contributed by atoms with Gasteiger partial charge in [0.25, 0.3) is 11.8 Å². The number of aromatic nitrogens is 4. The quantitative estimate of drug-likeness (QED) is 0.105. The number of hydrogen-bond donors (Lipinski definition) is 4. The fraction of sp³-hybridized carbons (Fsp3) is 0.440. The van der Waals surface area contributed by atoms with Crippen LogP contribution in [-0.2, 0) is 28.5 Å². The van der Waals surface area contributed by atoms with Crippen LogP contribution in [0.25, 0.3) is 55.1 Å². The number of nitrogens with two attached hydrogens (primary N) is 2. The molecule has 6 aromatic rings. The number of likely N-dealkylation sites (tertiary alicyclic amines) is 2. The number of H-pyrrole nitrogens is 2. The number of hydrogen-bond acceptors (Lipinski definition) is 10. The van der Waals surface area contributed by atoms with Gasteiger partial charge in [-0.25, -0.2) is 19.6 Å². The van der Waals surface area contributed by atoms with E-state index < -0.39 is 24.4 Å². The standard InChI is InChI=1S/C50H56N8O8/c1-27-23-34-24-31(32-8-11-36-38(25-32)55-45(53-36)40-5-3-17-57(40)47(59)43(65-49(51)61)29-13-19-63-20-14-29)7-10-35(34)28(2)42(27)33-9-12-37-39(26-33)56-46(54-37)41-6-4-18-58(41)48(60)44(66-50(52)62)30-15-21-64-22-16-30/h7-12,23-26,29-30,40-41,43-44H,3-6,13-22H2,1-2H3,(H2,51,61)(H2,52,62)(H,53,55)(H,54,56)/t40?,41?,43-,44-/m0/s1. The summed E-state index contributed by atoms with van der Waals surface area (Å²) in [7, 11) is 0. The largest absolute Gasteiger partial charge is 0.436 e. The third-order valence-electron chi connectivity index (χ3n) is 14.3. The Balaban J connectivity index is 0.883. The summed E-state index contributed by atoms with van der Waals surface area (Å²) in [6, 6.07) is 20.7. The highest BCUT2D eigenvalue weighted by Crippen LogP contribution is 2.40. The molecule has 4 atom stereocenters. The van der Waals surface area contributed by atoms with Crippen LogP contribution in [0.2, 0.25) is 0 Å². The summed E-state index contributed by atoms with van der Waals surface area (Å²) in [5.74, 6) is 0.655. The predicted octanol–water partition coefficient (Wildman–Crippen LogP) is 7.65. The summed E-state index contributed by atoms with van der Waals surface area (Å²) in [5, 5.41) is 2.28. The van der Waals surface area contributed by atoms with E-state index in [0.717, 1.165) is 86.3 Å².